The van der Waals surface area contributed by atoms with Gasteiger partial charge in [0.2, 0.25) is 11.8 Å². The molecule has 1 unspecified atom stereocenters. The number of amides is 2. The van der Waals surface area contributed by atoms with Crippen LogP contribution >= 0.6 is 0 Å². The van der Waals surface area contributed by atoms with E-state index in [2.05, 4.69) is 20.8 Å². The van der Waals surface area contributed by atoms with Crippen LogP contribution in [0.3, 0.4) is 0 Å². The maximum Gasteiger partial charge on any atom is 0.245 e. The minimum Gasteiger partial charge on any atom is -0.366 e. The number of rotatable bonds is 5. The van der Waals surface area contributed by atoms with Crippen molar-refractivity contribution in [1.29, 1.82) is 0 Å². The summed E-state index contributed by atoms with van der Waals surface area (Å²) in [6.45, 7) is 2.91. The largest absolute Gasteiger partial charge is 0.366 e. The van der Waals surface area contributed by atoms with Gasteiger partial charge in [-0.15, -0.1) is 5.10 Å². The molecule has 2 fully saturated rings. The number of nitrogens with one attached hydrogen (secondary N) is 2. The number of anilines is 1. The standard InChI is InChI=1S/C18H27N5O2/c1-13(24)20-17(14-5-2-3-6-14)18(25)23-11-8-15(9-12-23)21-16-7-4-10-19-22-16/h4,7,10,14-15,17H,2-3,5-6,8-9,11-12H2,1H3,(H,20,24)(H,21,22). The van der Waals surface area contributed by atoms with E-state index < -0.39 is 0 Å². The van der Waals surface area contributed by atoms with Crippen LogP contribution in [0.1, 0.15) is 45.4 Å². The smallest absolute Gasteiger partial charge is 0.245 e. The van der Waals surface area contributed by atoms with Gasteiger partial charge in [0, 0.05) is 32.3 Å². The molecule has 1 aliphatic carbocycles. The molecule has 7 heteroatoms. The van der Waals surface area contributed by atoms with Gasteiger partial charge in [0.1, 0.15) is 11.9 Å². The lowest BCUT2D eigenvalue weighted by Gasteiger charge is -2.36. The molecule has 2 aliphatic rings. The van der Waals surface area contributed by atoms with Crippen LogP contribution in [0.15, 0.2) is 18.3 Å². The molecule has 1 aromatic rings. The van der Waals surface area contributed by atoms with Crippen molar-refractivity contribution >= 4 is 17.6 Å². The highest BCUT2D eigenvalue weighted by Gasteiger charge is 2.35. The second-order valence-corrected chi connectivity index (χ2v) is 7.08. The third-order valence-corrected chi connectivity index (χ3v) is 5.23. The van der Waals surface area contributed by atoms with Gasteiger partial charge in [-0.25, -0.2) is 0 Å². The molecule has 7 nitrogen and oxygen atoms in total. The first-order valence-corrected chi connectivity index (χ1v) is 9.23. The van der Waals surface area contributed by atoms with Crippen molar-refractivity contribution in [3.63, 3.8) is 0 Å². The number of carbonyl (C=O) groups excluding carboxylic acids is 2. The number of likely N-dealkylation sites (tertiary alicyclic amines) is 1. The van der Waals surface area contributed by atoms with Crippen LogP contribution in [0, 0.1) is 5.92 Å². The normalized spacial score (nSPS) is 20.3. The topological polar surface area (TPSA) is 87.2 Å². The summed E-state index contributed by atoms with van der Waals surface area (Å²) in [5.41, 5.74) is 0. The molecule has 25 heavy (non-hydrogen) atoms. The summed E-state index contributed by atoms with van der Waals surface area (Å²) in [6, 6.07) is 3.70. The first-order chi connectivity index (χ1) is 12.1. The number of hydrogen-bond donors (Lipinski definition) is 2. The zero-order valence-corrected chi connectivity index (χ0v) is 14.8. The fourth-order valence-corrected chi connectivity index (χ4v) is 3.92. The van der Waals surface area contributed by atoms with E-state index in [4.69, 9.17) is 0 Å². The van der Waals surface area contributed by atoms with E-state index in [0.717, 1.165) is 44.3 Å². The van der Waals surface area contributed by atoms with Gasteiger partial charge < -0.3 is 15.5 Å². The van der Waals surface area contributed by atoms with E-state index in [-0.39, 0.29) is 23.8 Å². The molecule has 1 atom stereocenters. The summed E-state index contributed by atoms with van der Waals surface area (Å²) in [7, 11) is 0. The van der Waals surface area contributed by atoms with Gasteiger partial charge in [0.05, 0.1) is 0 Å². The lowest BCUT2D eigenvalue weighted by atomic mass is 9.95. The average Bonchev–Trinajstić information content (AvgIpc) is 3.15. The SMILES string of the molecule is CC(=O)NC(C(=O)N1CCC(Nc2cccnn2)CC1)C1CCCC1. The van der Waals surface area contributed by atoms with Gasteiger partial charge in [-0.05, 0) is 43.7 Å². The van der Waals surface area contributed by atoms with Crippen LogP contribution in [-0.4, -0.2) is 52.1 Å². The molecule has 2 N–H and O–H groups in total. The Morgan fingerprint density at radius 2 is 1.92 bits per heavy atom. The quantitative estimate of drug-likeness (QED) is 0.846. The predicted octanol–water partition coefficient (Wildman–Crippen LogP) is 1.57. The highest BCUT2D eigenvalue weighted by molar-refractivity contribution is 5.87. The van der Waals surface area contributed by atoms with Gasteiger partial charge in [0.25, 0.3) is 0 Å². The molecular formula is C18H27N5O2. The van der Waals surface area contributed by atoms with Crippen LogP contribution in [-0.2, 0) is 9.59 Å². The van der Waals surface area contributed by atoms with E-state index in [1.54, 1.807) is 6.20 Å². The minimum atomic E-state index is -0.357. The molecule has 0 radical (unpaired) electrons. The second-order valence-electron chi connectivity index (χ2n) is 7.08. The van der Waals surface area contributed by atoms with Gasteiger partial charge in [-0.2, -0.15) is 5.10 Å². The van der Waals surface area contributed by atoms with Crippen molar-refractivity contribution in [3.05, 3.63) is 18.3 Å². The molecule has 1 saturated heterocycles. The lowest BCUT2D eigenvalue weighted by molar-refractivity contribution is -0.138. The highest BCUT2D eigenvalue weighted by atomic mass is 16.2. The highest BCUT2D eigenvalue weighted by Crippen LogP contribution is 2.29. The Bertz CT molecular complexity index is 580. The van der Waals surface area contributed by atoms with Crippen molar-refractivity contribution in [1.82, 2.24) is 20.4 Å². The Morgan fingerprint density at radius 3 is 2.52 bits per heavy atom. The van der Waals surface area contributed by atoms with E-state index in [1.165, 1.54) is 6.92 Å². The van der Waals surface area contributed by atoms with Crippen LogP contribution in [0.2, 0.25) is 0 Å². The maximum atomic E-state index is 13.0. The molecule has 1 saturated carbocycles. The van der Waals surface area contributed by atoms with E-state index >= 15 is 0 Å². The maximum absolute atomic E-state index is 13.0. The van der Waals surface area contributed by atoms with Crippen molar-refractivity contribution in [2.45, 2.75) is 57.5 Å². The zero-order chi connectivity index (χ0) is 17.6. The van der Waals surface area contributed by atoms with Crippen molar-refractivity contribution in [2.75, 3.05) is 18.4 Å². The summed E-state index contributed by atoms with van der Waals surface area (Å²) in [5, 5.41) is 14.2. The molecule has 2 heterocycles. The van der Waals surface area contributed by atoms with Crippen LogP contribution in [0.4, 0.5) is 5.82 Å². The first-order valence-electron chi connectivity index (χ1n) is 9.23. The van der Waals surface area contributed by atoms with Crippen molar-refractivity contribution < 1.29 is 9.59 Å². The molecule has 2 amide bonds. The number of nitrogens with zero attached hydrogens (tertiary/aromatic N) is 3. The first kappa shape index (κ1) is 17.6. The van der Waals surface area contributed by atoms with Gasteiger partial charge >= 0.3 is 0 Å². The average molecular weight is 345 g/mol. The van der Waals surface area contributed by atoms with Gasteiger partial charge in [-0.3, -0.25) is 9.59 Å². The van der Waals surface area contributed by atoms with Crippen LogP contribution in [0.5, 0.6) is 0 Å². The fraction of sp³-hybridized carbons (Fsp3) is 0.667. The second kappa shape index (κ2) is 8.27. The Hall–Kier alpha value is -2.18. The summed E-state index contributed by atoms with van der Waals surface area (Å²) in [4.78, 5) is 26.4. The summed E-state index contributed by atoms with van der Waals surface area (Å²) < 4.78 is 0. The Morgan fingerprint density at radius 1 is 1.20 bits per heavy atom. The number of hydrogen-bond acceptors (Lipinski definition) is 5. The third kappa shape index (κ3) is 4.67. The summed E-state index contributed by atoms with van der Waals surface area (Å²) in [6.07, 6.45) is 7.76. The monoisotopic (exact) mass is 345 g/mol. The Kier molecular flexibility index (Phi) is 5.83. The Labute approximate surface area is 148 Å². The lowest BCUT2D eigenvalue weighted by Crippen LogP contribution is -2.54. The van der Waals surface area contributed by atoms with Gasteiger partial charge in [0.15, 0.2) is 0 Å². The van der Waals surface area contributed by atoms with Crippen molar-refractivity contribution in [3.8, 4) is 0 Å². The van der Waals surface area contributed by atoms with Crippen LogP contribution < -0.4 is 10.6 Å². The number of piperidine rings is 1. The molecule has 3 rings (SSSR count). The molecule has 1 aliphatic heterocycles. The molecule has 0 spiro atoms. The minimum absolute atomic E-state index is 0.0834. The van der Waals surface area contributed by atoms with Crippen molar-refractivity contribution in [2.24, 2.45) is 5.92 Å². The van der Waals surface area contributed by atoms with E-state index in [0.29, 0.717) is 19.1 Å². The third-order valence-electron chi connectivity index (χ3n) is 5.23. The summed E-state index contributed by atoms with van der Waals surface area (Å²) >= 11 is 0. The molecule has 0 bridgehead atoms. The predicted molar refractivity (Wildman–Crippen MR) is 94.8 cm³/mol. The number of aromatic nitrogens is 2. The summed E-state index contributed by atoms with van der Waals surface area (Å²) in [5.74, 6) is 1.02. The molecule has 0 aromatic carbocycles. The zero-order valence-electron chi connectivity index (χ0n) is 14.8. The fourth-order valence-electron chi connectivity index (χ4n) is 3.92. The van der Waals surface area contributed by atoms with E-state index in [1.807, 2.05) is 17.0 Å². The Balaban J connectivity index is 1.55. The van der Waals surface area contributed by atoms with Gasteiger partial charge in [-0.1, -0.05) is 12.8 Å². The van der Waals surface area contributed by atoms with Crippen LogP contribution in [0.25, 0.3) is 0 Å². The van der Waals surface area contributed by atoms with E-state index in [9.17, 15) is 9.59 Å². The molecular weight excluding hydrogens is 318 g/mol. The molecule has 1 aromatic heterocycles. The number of carbonyl (C=O) groups is 2. The molecule has 136 valence electrons.